The molecule has 5 rings (SSSR count). The second kappa shape index (κ2) is 8.38. The van der Waals surface area contributed by atoms with E-state index in [9.17, 15) is 29.6 Å². The number of ether oxygens (including phenoxy) is 1. The van der Waals surface area contributed by atoms with E-state index in [2.05, 4.69) is 10.6 Å². The molecule has 5 atom stereocenters. The van der Waals surface area contributed by atoms with Gasteiger partial charge < -0.3 is 15.2 Å². The van der Waals surface area contributed by atoms with Crippen LogP contribution in [0.2, 0.25) is 5.02 Å². The Labute approximate surface area is 204 Å². The summed E-state index contributed by atoms with van der Waals surface area (Å²) < 4.78 is 5.04. The number of hydrogen-bond acceptors (Lipinski definition) is 8. The molecule has 3 N–H and O–H groups in total. The third-order valence-electron chi connectivity index (χ3n) is 7.01. The van der Waals surface area contributed by atoms with Gasteiger partial charge in [-0.3, -0.25) is 34.7 Å². The van der Waals surface area contributed by atoms with Crippen LogP contribution >= 0.6 is 11.6 Å². The number of methoxy groups -OCH3 is 1. The smallest absolute Gasteiger partial charge is 0.269 e. The number of carbonyl (C=O) groups is 3. The lowest BCUT2D eigenvalue weighted by Crippen LogP contribution is -2.54. The van der Waals surface area contributed by atoms with E-state index in [1.54, 1.807) is 24.3 Å². The SMILES string of the molecule is COCCN1C(=O)[C@@H]2[C@H]([C@H](O)c3ccc(Cl)cc3)N[C@@]3(C(=O)Nc4ccc([N+](=O)[O-])cc43)[C@@H]2C1=O. The minimum Gasteiger partial charge on any atom is -0.387 e. The van der Waals surface area contributed by atoms with E-state index in [1.807, 2.05) is 0 Å². The number of nitro groups is 1. The number of aliphatic hydroxyl groups is 1. The van der Waals surface area contributed by atoms with Crippen LogP contribution in [-0.2, 0) is 24.7 Å². The average molecular weight is 501 g/mol. The predicted octanol–water partition coefficient (Wildman–Crippen LogP) is 1.35. The minimum atomic E-state index is -1.78. The summed E-state index contributed by atoms with van der Waals surface area (Å²) in [6.07, 6.45) is -1.28. The van der Waals surface area contributed by atoms with Crippen LogP contribution in [0.3, 0.4) is 0 Å². The van der Waals surface area contributed by atoms with Gasteiger partial charge in [-0.25, -0.2) is 0 Å². The normalized spacial score (nSPS) is 27.8. The Hall–Kier alpha value is -3.38. The van der Waals surface area contributed by atoms with E-state index in [4.69, 9.17) is 16.3 Å². The summed E-state index contributed by atoms with van der Waals surface area (Å²) in [5, 5.41) is 29.0. The Morgan fingerprint density at radius 2 is 1.91 bits per heavy atom. The average Bonchev–Trinajstić information content (AvgIpc) is 3.42. The zero-order chi connectivity index (χ0) is 25.1. The molecule has 1 spiro atoms. The van der Waals surface area contributed by atoms with Gasteiger partial charge in [0.25, 0.3) is 5.69 Å². The molecule has 3 aliphatic rings. The summed E-state index contributed by atoms with van der Waals surface area (Å²) in [4.78, 5) is 52.4. The molecular formula is C23H21ClN4O7. The number of rotatable bonds is 6. The maximum Gasteiger partial charge on any atom is 0.269 e. The lowest BCUT2D eigenvalue weighted by molar-refractivity contribution is -0.384. The fourth-order valence-corrected chi connectivity index (χ4v) is 5.56. The van der Waals surface area contributed by atoms with Gasteiger partial charge in [0.1, 0.15) is 5.54 Å². The number of fused-ring (bicyclic) bond motifs is 4. The molecule has 11 nitrogen and oxygen atoms in total. The van der Waals surface area contributed by atoms with Gasteiger partial charge >= 0.3 is 0 Å². The van der Waals surface area contributed by atoms with Gasteiger partial charge in [-0.05, 0) is 23.8 Å². The molecular weight excluding hydrogens is 480 g/mol. The van der Waals surface area contributed by atoms with Gasteiger partial charge in [-0.2, -0.15) is 0 Å². The van der Waals surface area contributed by atoms with Crippen molar-refractivity contribution in [2.75, 3.05) is 25.6 Å². The lowest BCUT2D eigenvalue weighted by atomic mass is 9.76. The van der Waals surface area contributed by atoms with E-state index in [-0.39, 0.29) is 24.4 Å². The summed E-state index contributed by atoms with van der Waals surface area (Å²) in [7, 11) is 1.43. The molecule has 182 valence electrons. The fourth-order valence-electron chi connectivity index (χ4n) is 5.43. The number of nitro benzene ring substituents is 1. The molecule has 3 aliphatic heterocycles. The largest absolute Gasteiger partial charge is 0.387 e. The van der Waals surface area contributed by atoms with Crippen molar-refractivity contribution in [3.05, 3.63) is 68.7 Å². The van der Waals surface area contributed by atoms with Gasteiger partial charge in [-0.15, -0.1) is 0 Å². The molecule has 0 saturated carbocycles. The maximum atomic E-state index is 13.6. The highest BCUT2D eigenvalue weighted by molar-refractivity contribution is 6.30. The topological polar surface area (TPSA) is 151 Å². The Kier molecular flexibility index (Phi) is 5.59. The van der Waals surface area contributed by atoms with E-state index < -0.39 is 52.2 Å². The first-order chi connectivity index (χ1) is 16.7. The summed E-state index contributed by atoms with van der Waals surface area (Å²) in [5.74, 6) is -4.09. The molecule has 3 amide bonds. The Balaban J connectivity index is 1.66. The first-order valence-corrected chi connectivity index (χ1v) is 11.2. The number of amides is 3. The van der Waals surface area contributed by atoms with E-state index in [0.29, 0.717) is 16.3 Å². The minimum absolute atomic E-state index is 0.0234. The van der Waals surface area contributed by atoms with Crippen LogP contribution in [-0.4, -0.2) is 59.0 Å². The number of imide groups is 1. The predicted molar refractivity (Wildman–Crippen MR) is 122 cm³/mol. The van der Waals surface area contributed by atoms with Crippen molar-refractivity contribution < 1.29 is 29.2 Å². The number of nitrogens with zero attached hydrogens (tertiary/aromatic N) is 2. The first kappa shape index (κ1) is 23.4. The monoisotopic (exact) mass is 500 g/mol. The van der Waals surface area contributed by atoms with Gasteiger partial charge in [0.2, 0.25) is 17.7 Å². The van der Waals surface area contributed by atoms with Crippen molar-refractivity contribution >= 4 is 40.7 Å². The van der Waals surface area contributed by atoms with Crippen molar-refractivity contribution in [3.8, 4) is 0 Å². The van der Waals surface area contributed by atoms with Crippen molar-refractivity contribution in [1.82, 2.24) is 10.2 Å². The third kappa shape index (κ3) is 3.34. The van der Waals surface area contributed by atoms with Crippen LogP contribution in [0.5, 0.6) is 0 Å². The Morgan fingerprint density at radius 1 is 1.20 bits per heavy atom. The standard InChI is InChI=1S/C23H21ClN4O7/c1-35-9-8-27-20(30)16-17(21(27)31)23(26-18(16)19(29)11-2-4-12(24)5-3-11)14-10-13(28(33)34)6-7-15(14)25-22(23)32/h2-7,10,16-19,26,29H,8-9H2,1H3,(H,25,32)/t16-,17-,18+,19+,23+/m0/s1. The van der Waals surface area contributed by atoms with Crippen molar-refractivity contribution in [3.63, 3.8) is 0 Å². The number of non-ortho nitro benzene ring substituents is 1. The van der Waals surface area contributed by atoms with Crippen molar-refractivity contribution in [2.24, 2.45) is 11.8 Å². The van der Waals surface area contributed by atoms with Crippen LogP contribution in [0.15, 0.2) is 42.5 Å². The number of halogens is 1. The summed E-state index contributed by atoms with van der Waals surface area (Å²) in [5.41, 5.74) is -1.14. The summed E-state index contributed by atoms with van der Waals surface area (Å²) >= 11 is 5.97. The molecule has 2 aromatic carbocycles. The highest BCUT2D eigenvalue weighted by Crippen LogP contribution is 2.55. The summed E-state index contributed by atoms with van der Waals surface area (Å²) in [6, 6.07) is 9.16. The highest BCUT2D eigenvalue weighted by atomic mass is 35.5. The molecule has 0 bridgehead atoms. The number of hydrogen-bond donors (Lipinski definition) is 3. The van der Waals surface area contributed by atoms with Crippen LogP contribution in [0.1, 0.15) is 17.2 Å². The molecule has 0 aromatic heterocycles. The zero-order valence-corrected chi connectivity index (χ0v) is 19.2. The second-order valence-corrected chi connectivity index (χ2v) is 9.18. The Morgan fingerprint density at radius 3 is 2.57 bits per heavy atom. The molecule has 3 heterocycles. The molecule has 12 heteroatoms. The lowest BCUT2D eigenvalue weighted by Gasteiger charge is -2.30. The molecule has 35 heavy (non-hydrogen) atoms. The van der Waals surface area contributed by atoms with E-state index >= 15 is 0 Å². The fraction of sp³-hybridized carbons (Fsp3) is 0.348. The number of nitrogens with one attached hydrogen (secondary N) is 2. The van der Waals surface area contributed by atoms with Gasteiger partial charge in [0.05, 0.1) is 42.1 Å². The van der Waals surface area contributed by atoms with E-state index in [0.717, 1.165) is 4.90 Å². The van der Waals surface area contributed by atoms with Crippen LogP contribution in [0.4, 0.5) is 11.4 Å². The van der Waals surface area contributed by atoms with Crippen molar-refractivity contribution in [1.29, 1.82) is 0 Å². The van der Waals surface area contributed by atoms with Gasteiger partial charge in [0, 0.05) is 35.5 Å². The number of benzene rings is 2. The highest BCUT2D eigenvalue weighted by Gasteiger charge is 2.71. The Bertz CT molecular complexity index is 1250. The molecule has 2 saturated heterocycles. The second-order valence-electron chi connectivity index (χ2n) is 8.74. The molecule has 2 aromatic rings. The molecule has 0 unspecified atom stereocenters. The molecule has 0 aliphatic carbocycles. The van der Waals surface area contributed by atoms with Crippen LogP contribution in [0, 0.1) is 22.0 Å². The summed E-state index contributed by atoms with van der Waals surface area (Å²) in [6.45, 7) is 0.0699. The maximum absolute atomic E-state index is 13.6. The third-order valence-corrected chi connectivity index (χ3v) is 7.26. The zero-order valence-electron chi connectivity index (χ0n) is 18.4. The number of carbonyl (C=O) groups excluding carboxylic acids is 3. The van der Waals surface area contributed by atoms with Crippen LogP contribution in [0.25, 0.3) is 0 Å². The molecule has 0 radical (unpaired) electrons. The first-order valence-electron chi connectivity index (χ1n) is 10.9. The molecule has 2 fully saturated rings. The van der Waals surface area contributed by atoms with Crippen molar-refractivity contribution in [2.45, 2.75) is 17.7 Å². The number of anilines is 1. The quantitative estimate of drug-likeness (QED) is 0.305. The number of likely N-dealkylation sites (tertiary alicyclic amines) is 1. The van der Waals surface area contributed by atoms with Gasteiger partial charge in [0.15, 0.2) is 0 Å². The van der Waals surface area contributed by atoms with Crippen LogP contribution < -0.4 is 10.6 Å². The van der Waals surface area contributed by atoms with E-state index in [1.165, 1.54) is 25.3 Å². The number of aliphatic hydroxyl groups excluding tert-OH is 1. The van der Waals surface area contributed by atoms with Gasteiger partial charge in [-0.1, -0.05) is 23.7 Å².